The van der Waals surface area contributed by atoms with E-state index in [0.29, 0.717) is 5.56 Å². The van der Waals surface area contributed by atoms with Crippen molar-refractivity contribution >= 4 is 17.7 Å². The number of hydrogen-bond donors (Lipinski definition) is 0. The fourth-order valence-corrected chi connectivity index (χ4v) is 3.80. The second-order valence-electron chi connectivity index (χ2n) is 4.99. The number of benzene rings is 2. The number of hydrogen-bond acceptors (Lipinski definition) is 2. The molecule has 0 spiro atoms. The number of carbonyl (C=O) groups is 1. The van der Waals surface area contributed by atoms with Gasteiger partial charge in [0, 0.05) is 12.3 Å². The summed E-state index contributed by atoms with van der Waals surface area (Å²) in [4.78, 5) is 14.4. The lowest BCUT2D eigenvalue weighted by atomic mass is 10.1. The van der Waals surface area contributed by atoms with Gasteiger partial charge in [0.2, 0.25) is 5.91 Å². The van der Waals surface area contributed by atoms with Crippen LogP contribution in [0.25, 0.3) is 0 Å². The molecule has 2 aromatic carbocycles. The van der Waals surface area contributed by atoms with E-state index < -0.39 is 0 Å². The van der Waals surface area contributed by atoms with Gasteiger partial charge in [-0.25, -0.2) is 4.39 Å². The summed E-state index contributed by atoms with van der Waals surface area (Å²) in [5.41, 5.74) is 1.59. The molecule has 2 nitrogen and oxygen atoms in total. The average molecular weight is 301 g/mol. The summed E-state index contributed by atoms with van der Waals surface area (Å²) in [5, 5.41) is 0.0467. The highest BCUT2D eigenvalue weighted by Gasteiger charge is 2.30. The van der Waals surface area contributed by atoms with E-state index in [1.165, 1.54) is 6.07 Å². The lowest BCUT2D eigenvalue weighted by molar-refractivity contribution is -0.130. The number of carbonyl (C=O) groups excluding carboxylic acids is 1. The van der Waals surface area contributed by atoms with Crippen molar-refractivity contribution in [1.29, 1.82) is 0 Å². The lowest BCUT2D eigenvalue weighted by Gasteiger charge is -2.24. The van der Waals surface area contributed by atoms with Gasteiger partial charge in [-0.1, -0.05) is 48.5 Å². The van der Waals surface area contributed by atoms with E-state index in [-0.39, 0.29) is 23.5 Å². The molecule has 1 saturated heterocycles. The van der Waals surface area contributed by atoms with Crippen LogP contribution in [-0.2, 0) is 11.2 Å². The zero-order valence-corrected chi connectivity index (χ0v) is 12.4. The van der Waals surface area contributed by atoms with Crippen molar-refractivity contribution < 1.29 is 9.18 Å². The SMILES string of the molecule is O=C(Cc1ccccc1F)N1CCSC1c1ccccc1. The first kappa shape index (κ1) is 14.1. The van der Waals surface area contributed by atoms with Crippen molar-refractivity contribution in [2.75, 3.05) is 12.3 Å². The summed E-state index contributed by atoms with van der Waals surface area (Å²) >= 11 is 1.76. The number of amides is 1. The van der Waals surface area contributed by atoms with Crippen LogP contribution in [0.4, 0.5) is 4.39 Å². The molecule has 1 amide bonds. The molecule has 0 bridgehead atoms. The van der Waals surface area contributed by atoms with Gasteiger partial charge in [-0.3, -0.25) is 4.79 Å². The summed E-state index contributed by atoms with van der Waals surface area (Å²) < 4.78 is 13.7. The second kappa shape index (κ2) is 6.31. The van der Waals surface area contributed by atoms with Crippen LogP contribution >= 0.6 is 11.8 Å². The van der Waals surface area contributed by atoms with E-state index in [2.05, 4.69) is 0 Å². The Morgan fingerprint density at radius 3 is 2.62 bits per heavy atom. The number of thioether (sulfide) groups is 1. The summed E-state index contributed by atoms with van der Waals surface area (Å²) in [6, 6.07) is 16.5. The van der Waals surface area contributed by atoms with Crippen molar-refractivity contribution in [3.05, 3.63) is 71.5 Å². The van der Waals surface area contributed by atoms with E-state index in [1.54, 1.807) is 30.0 Å². The smallest absolute Gasteiger partial charge is 0.228 e. The van der Waals surface area contributed by atoms with Gasteiger partial charge in [-0.15, -0.1) is 11.8 Å². The van der Waals surface area contributed by atoms with E-state index in [1.807, 2.05) is 35.2 Å². The second-order valence-corrected chi connectivity index (χ2v) is 6.18. The molecular formula is C17H16FNOS. The van der Waals surface area contributed by atoms with Crippen LogP contribution in [0.5, 0.6) is 0 Å². The highest BCUT2D eigenvalue weighted by molar-refractivity contribution is 7.99. The Kier molecular flexibility index (Phi) is 4.25. The molecular weight excluding hydrogens is 285 g/mol. The van der Waals surface area contributed by atoms with Gasteiger partial charge in [-0.2, -0.15) is 0 Å². The van der Waals surface area contributed by atoms with Crippen molar-refractivity contribution in [3.63, 3.8) is 0 Å². The van der Waals surface area contributed by atoms with Gasteiger partial charge < -0.3 is 4.90 Å². The largest absolute Gasteiger partial charge is 0.325 e. The highest BCUT2D eigenvalue weighted by atomic mass is 32.2. The van der Waals surface area contributed by atoms with E-state index in [0.717, 1.165) is 17.9 Å². The van der Waals surface area contributed by atoms with Crippen LogP contribution < -0.4 is 0 Å². The molecule has 4 heteroatoms. The van der Waals surface area contributed by atoms with Crippen molar-refractivity contribution in [3.8, 4) is 0 Å². The molecule has 1 aliphatic heterocycles. The maximum absolute atomic E-state index is 13.7. The van der Waals surface area contributed by atoms with Crippen LogP contribution in [0.15, 0.2) is 54.6 Å². The summed E-state index contributed by atoms with van der Waals surface area (Å²) in [7, 11) is 0. The van der Waals surface area contributed by atoms with E-state index >= 15 is 0 Å². The molecule has 1 heterocycles. The fraction of sp³-hybridized carbons (Fsp3) is 0.235. The van der Waals surface area contributed by atoms with Crippen molar-refractivity contribution in [2.24, 2.45) is 0 Å². The minimum atomic E-state index is -0.311. The molecule has 0 aliphatic carbocycles. The summed E-state index contributed by atoms with van der Waals surface area (Å²) in [5.74, 6) is 0.593. The maximum atomic E-state index is 13.7. The first-order chi connectivity index (χ1) is 10.3. The number of rotatable bonds is 3. The molecule has 0 radical (unpaired) electrons. The Bertz CT molecular complexity index is 632. The molecule has 3 rings (SSSR count). The monoisotopic (exact) mass is 301 g/mol. The molecule has 1 aliphatic rings. The third-order valence-corrected chi connectivity index (χ3v) is 4.86. The number of halogens is 1. The Morgan fingerprint density at radius 1 is 1.14 bits per heavy atom. The first-order valence-electron chi connectivity index (χ1n) is 6.95. The van der Waals surface area contributed by atoms with Crippen LogP contribution in [-0.4, -0.2) is 23.1 Å². The minimum Gasteiger partial charge on any atom is -0.325 e. The predicted molar refractivity (Wildman–Crippen MR) is 83.5 cm³/mol. The first-order valence-corrected chi connectivity index (χ1v) is 8.00. The molecule has 1 fully saturated rings. The molecule has 21 heavy (non-hydrogen) atoms. The molecule has 1 unspecified atom stereocenters. The third-order valence-electron chi connectivity index (χ3n) is 3.60. The predicted octanol–water partition coefficient (Wildman–Crippen LogP) is 3.64. The van der Waals surface area contributed by atoms with Crippen molar-refractivity contribution in [1.82, 2.24) is 4.90 Å². The Morgan fingerprint density at radius 2 is 1.86 bits per heavy atom. The average Bonchev–Trinajstić information content (AvgIpc) is 3.00. The Hall–Kier alpha value is -1.81. The van der Waals surface area contributed by atoms with Gasteiger partial charge in [0.25, 0.3) is 0 Å². The van der Waals surface area contributed by atoms with Gasteiger partial charge in [-0.05, 0) is 17.2 Å². The summed E-state index contributed by atoms with van der Waals surface area (Å²) in [6.45, 7) is 0.720. The van der Waals surface area contributed by atoms with Gasteiger partial charge in [0.15, 0.2) is 0 Å². The van der Waals surface area contributed by atoms with Gasteiger partial charge in [0.05, 0.1) is 6.42 Å². The Balaban J connectivity index is 1.76. The highest BCUT2D eigenvalue weighted by Crippen LogP contribution is 2.38. The topological polar surface area (TPSA) is 20.3 Å². The lowest BCUT2D eigenvalue weighted by Crippen LogP contribution is -2.31. The van der Waals surface area contributed by atoms with Crippen LogP contribution in [0.2, 0.25) is 0 Å². The van der Waals surface area contributed by atoms with Crippen LogP contribution in [0, 0.1) is 5.82 Å². The van der Waals surface area contributed by atoms with E-state index in [4.69, 9.17) is 0 Å². The standard InChI is InChI=1S/C17H16FNOS/c18-15-9-5-4-8-14(15)12-16(20)19-10-11-21-17(19)13-6-2-1-3-7-13/h1-9,17H,10-12H2. The maximum Gasteiger partial charge on any atom is 0.228 e. The molecule has 108 valence electrons. The zero-order valence-electron chi connectivity index (χ0n) is 11.5. The van der Waals surface area contributed by atoms with Crippen molar-refractivity contribution in [2.45, 2.75) is 11.8 Å². The quantitative estimate of drug-likeness (QED) is 0.862. The number of nitrogens with zero attached hydrogens (tertiary/aromatic N) is 1. The molecule has 0 N–H and O–H groups in total. The molecule has 0 aromatic heterocycles. The molecule has 2 aromatic rings. The normalized spacial score (nSPS) is 18.0. The third kappa shape index (κ3) is 3.10. The zero-order chi connectivity index (χ0) is 14.7. The summed E-state index contributed by atoms with van der Waals surface area (Å²) in [6.07, 6.45) is 0.122. The minimum absolute atomic E-state index is 0.0149. The van der Waals surface area contributed by atoms with Gasteiger partial charge >= 0.3 is 0 Å². The Labute approximate surface area is 128 Å². The van der Waals surface area contributed by atoms with Crippen LogP contribution in [0.3, 0.4) is 0 Å². The van der Waals surface area contributed by atoms with Crippen LogP contribution in [0.1, 0.15) is 16.5 Å². The molecule has 0 saturated carbocycles. The fourth-order valence-electron chi connectivity index (χ4n) is 2.53. The van der Waals surface area contributed by atoms with E-state index in [9.17, 15) is 9.18 Å². The van der Waals surface area contributed by atoms with Gasteiger partial charge in [0.1, 0.15) is 11.2 Å². The molecule has 1 atom stereocenters.